The van der Waals surface area contributed by atoms with Crippen LogP contribution in [-0.4, -0.2) is 39.9 Å². The van der Waals surface area contributed by atoms with Crippen molar-refractivity contribution in [3.05, 3.63) is 40.5 Å². The molecule has 27 heavy (non-hydrogen) atoms. The monoisotopic (exact) mass is 441 g/mol. The van der Waals surface area contributed by atoms with Crippen LogP contribution in [0.25, 0.3) is 0 Å². The normalized spacial score (nSPS) is 14.8. The van der Waals surface area contributed by atoms with Crippen LogP contribution in [0.3, 0.4) is 0 Å². The smallest absolute Gasteiger partial charge is 0.462 e. The topological polar surface area (TPSA) is 94.6 Å². The first-order chi connectivity index (χ1) is 12.0. The second kappa shape index (κ2) is 7.66. The van der Waals surface area contributed by atoms with Crippen molar-refractivity contribution >= 4 is 25.6 Å². The lowest BCUT2D eigenvalue weighted by Crippen LogP contribution is -2.41. The van der Waals surface area contributed by atoms with E-state index in [1.54, 1.807) is 0 Å². The number of benzene rings is 1. The maximum absolute atomic E-state index is 12.6. The number of esters is 1. The third-order valence-corrected chi connectivity index (χ3v) is 7.05. The van der Waals surface area contributed by atoms with Crippen molar-refractivity contribution in [3.63, 3.8) is 0 Å². The van der Waals surface area contributed by atoms with Gasteiger partial charge in [-0.05, 0) is 19.1 Å². The number of alkyl halides is 6. The minimum absolute atomic E-state index is 0.136. The van der Waals surface area contributed by atoms with Gasteiger partial charge in [0.15, 0.2) is 0 Å². The molecule has 0 amide bonds. The van der Waals surface area contributed by atoms with E-state index in [2.05, 4.69) is 4.74 Å². The molecule has 6 nitrogen and oxygen atoms in total. The number of rotatable bonds is 6. The van der Waals surface area contributed by atoms with Crippen LogP contribution >= 0.6 is 0 Å². The summed E-state index contributed by atoms with van der Waals surface area (Å²) in [7, 11) is -13.7. The van der Waals surface area contributed by atoms with E-state index < -0.39 is 53.8 Å². The number of carbonyl (C=O) groups is 1. The van der Waals surface area contributed by atoms with Gasteiger partial charge in [0.2, 0.25) is 0 Å². The third kappa shape index (κ3) is 5.12. The van der Waals surface area contributed by atoms with Gasteiger partial charge in [-0.25, -0.2) is 4.79 Å². The molecule has 0 bridgehead atoms. The highest BCUT2D eigenvalue weighted by Crippen LogP contribution is 2.43. The molecule has 0 aromatic heterocycles. The number of sulfone groups is 2. The predicted octanol–water partition coefficient (Wildman–Crippen LogP) is 2.98. The summed E-state index contributed by atoms with van der Waals surface area (Å²) < 4.78 is 123. The van der Waals surface area contributed by atoms with E-state index in [0.717, 1.165) is 6.92 Å². The van der Waals surface area contributed by atoms with Crippen molar-refractivity contribution in [3.8, 4) is 0 Å². The van der Waals surface area contributed by atoms with Crippen molar-refractivity contribution in [1.82, 2.24) is 0 Å². The van der Waals surface area contributed by atoms with Crippen LogP contribution in [-0.2, 0) is 24.4 Å². The van der Waals surface area contributed by atoms with E-state index in [1.165, 1.54) is 30.3 Å². The average Bonchev–Trinajstić information content (AvgIpc) is 2.50. The molecule has 0 saturated carbocycles. The van der Waals surface area contributed by atoms with Crippen LogP contribution in [0.5, 0.6) is 0 Å². The molecule has 0 heterocycles. The number of carbonyl (C=O) groups excluding carboxylic acids is 1. The van der Waals surface area contributed by atoms with Crippen molar-refractivity contribution < 1.29 is 52.7 Å². The van der Waals surface area contributed by atoms with Crippen LogP contribution in [0.1, 0.15) is 23.7 Å². The minimum Gasteiger partial charge on any atom is -0.462 e. The molecule has 0 spiro atoms. The van der Waals surface area contributed by atoms with E-state index in [1.807, 2.05) is 0 Å². The zero-order valence-corrected chi connectivity index (χ0v) is 14.8. The Bertz CT molecular complexity index is 830. The summed E-state index contributed by atoms with van der Waals surface area (Å²) in [6.45, 7) is 0.749. The van der Waals surface area contributed by atoms with Gasteiger partial charge < -0.3 is 4.74 Å². The summed E-state index contributed by atoms with van der Waals surface area (Å²) in [5.41, 5.74) is -12.7. The highest BCUT2D eigenvalue weighted by Gasteiger charge is 2.54. The van der Waals surface area contributed by atoms with Gasteiger partial charge in [0, 0.05) is 0 Å². The summed E-state index contributed by atoms with van der Waals surface area (Å²) >= 11 is 0. The maximum Gasteiger partial charge on any atom is 0.469 e. The Morgan fingerprint density at radius 3 is 1.74 bits per heavy atom. The first kappa shape index (κ1) is 23.2. The molecule has 1 aromatic carbocycles. The molecule has 0 aliphatic rings. The molecule has 1 unspecified atom stereocenters. The lowest BCUT2D eigenvalue weighted by atomic mass is 10.2. The van der Waals surface area contributed by atoms with Gasteiger partial charge in [-0.3, -0.25) is 16.8 Å². The van der Waals surface area contributed by atoms with Crippen LogP contribution in [0.15, 0.2) is 30.3 Å². The molecule has 0 aliphatic heterocycles. The van der Waals surface area contributed by atoms with Gasteiger partial charge in [-0.2, -0.15) is 26.3 Å². The molecule has 0 fully saturated rings. The van der Waals surface area contributed by atoms with Crippen LogP contribution < -0.4 is 0 Å². The number of ether oxygens (including phenoxy) is 1. The van der Waals surface area contributed by atoms with Crippen LogP contribution in [0.2, 0.25) is 0 Å². The average molecular weight is 441 g/mol. The molecule has 0 N–H and O–H groups in total. The van der Waals surface area contributed by atoms with E-state index in [0.29, 0.717) is 0 Å². The van der Waals surface area contributed by atoms with Crippen molar-refractivity contribution in [2.24, 2.45) is 0 Å². The Kier molecular flexibility index (Phi) is 6.58. The Labute approximate surface area is 150 Å². The lowest BCUT2D eigenvalue weighted by molar-refractivity contribution is -0.0458. The molecular formula is C13H11F6O6S2-. The van der Waals surface area contributed by atoms with Crippen molar-refractivity contribution in [2.45, 2.75) is 30.5 Å². The van der Waals surface area contributed by atoms with E-state index >= 15 is 0 Å². The molecule has 14 heteroatoms. The largest absolute Gasteiger partial charge is 0.469 e. The molecule has 0 saturated heterocycles. The van der Waals surface area contributed by atoms with E-state index in [4.69, 9.17) is 0 Å². The second-order valence-corrected chi connectivity index (χ2v) is 9.24. The molecule has 154 valence electrons. The highest BCUT2D eigenvalue weighted by atomic mass is 32.3. The fourth-order valence-electron chi connectivity index (χ4n) is 1.72. The summed E-state index contributed by atoms with van der Waals surface area (Å²) in [6, 6.07) is 6.66. The van der Waals surface area contributed by atoms with Crippen molar-refractivity contribution in [1.29, 1.82) is 0 Å². The van der Waals surface area contributed by atoms with E-state index in [-0.39, 0.29) is 5.56 Å². The molecule has 0 aliphatic carbocycles. The summed E-state index contributed by atoms with van der Waals surface area (Å²) in [6.07, 6.45) is -3.77. The van der Waals surface area contributed by atoms with Gasteiger partial charge in [0.25, 0.3) is 0 Å². The summed E-state index contributed by atoms with van der Waals surface area (Å²) in [5, 5.41) is 0. The van der Waals surface area contributed by atoms with E-state index in [9.17, 15) is 48.0 Å². The standard InChI is InChI=1S/C13H11F6O6S2/c1-8(25-11(20)9-5-3-2-4-6-9)7-10(26(21,22)12(14,15)16)27(23,24)13(17,18)19/h2-6,8H,7H2,1H3/q-1. The SMILES string of the molecule is CC(C[C-](S(=O)(=O)C(F)(F)F)S(=O)(=O)C(F)(F)F)OC(=O)c1ccccc1. The van der Waals surface area contributed by atoms with Crippen molar-refractivity contribution in [2.75, 3.05) is 0 Å². The van der Waals surface area contributed by atoms with Crippen LogP contribution in [0, 0.1) is 4.58 Å². The molecule has 1 rings (SSSR count). The Morgan fingerprint density at radius 2 is 1.37 bits per heavy atom. The summed E-state index contributed by atoms with van der Waals surface area (Å²) in [5.74, 6) is -1.20. The first-order valence-electron chi connectivity index (χ1n) is 6.76. The molecular weight excluding hydrogens is 430 g/mol. The lowest BCUT2D eigenvalue weighted by Gasteiger charge is -2.33. The highest BCUT2D eigenvalue weighted by molar-refractivity contribution is 8.13. The zero-order chi connectivity index (χ0) is 21.3. The van der Waals surface area contributed by atoms with Crippen LogP contribution in [0.4, 0.5) is 26.3 Å². The zero-order valence-electron chi connectivity index (χ0n) is 13.2. The number of halogens is 6. The van der Waals surface area contributed by atoms with Gasteiger partial charge in [-0.15, -0.1) is 6.42 Å². The third-order valence-electron chi connectivity index (χ3n) is 2.98. The molecule has 1 aromatic rings. The maximum atomic E-state index is 12.6. The Balaban J connectivity index is 3.21. The fraction of sp³-hybridized carbons (Fsp3) is 0.385. The second-order valence-electron chi connectivity index (χ2n) is 5.06. The first-order valence-corrected chi connectivity index (χ1v) is 9.73. The predicted molar refractivity (Wildman–Crippen MR) is 79.1 cm³/mol. The van der Waals surface area contributed by atoms with Gasteiger partial charge >= 0.3 is 17.0 Å². The number of hydrogen-bond donors (Lipinski definition) is 0. The minimum atomic E-state index is -6.86. The molecule has 1 atom stereocenters. The van der Waals surface area contributed by atoms with Gasteiger partial charge in [-0.1, -0.05) is 22.8 Å². The van der Waals surface area contributed by atoms with Gasteiger partial charge in [0.05, 0.1) is 11.7 Å². The van der Waals surface area contributed by atoms with Gasteiger partial charge in [0.1, 0.15) is 19.7 Å². The number of hydrogen-bond acceptors (Lipinski definition) is 6. The quantitative estimate of drug-likeness (QED) is 0.383. The fourth-order valence-corrected chi connectivity index (χ4v) is 4.87. The molecule has 0 radical (unpaired) electrons. The Hall–Kier alpha value is -1.83. The summed E-state index contributed by atoms with van der Waals surface area (Å²) in [4.78, 5) is 11.8. The Morgan fingerprint density at radius 1 is 0.963 bits per heavy atom.